The first kappa shape index (κ1) is 15.8. The molecule has 0 spiro atoms. The van der Waals surface area contributed by atoms with Crippen molar-refractivity contribution < 1.29 is 8.42 Å². The van der Waals surface area contributed by atoms with Crippen molar-refractivity contribution in [3.05, 3.63) is 48.7 Å². The molecule has 0 bridgehead atoms. The van der Waals surface area contributed by atoms with Gasteiger partial charge in [-0.3, -0.25) is 0 Å². The minimum Gasteiger partial charge on any atom is -0.370 e. The van der Waals surface area contributed by atoms with Crippen molar-refractivity contribution in [3.63, 3.8) is 0 Å². The van der Waals surface area contributed by atoms with Gasteiger partial charge in [-0.1, -0.05) is 18.2 Å². The maximum atomic E-state index is 12.0. The first-order valence-electron chi connectivity index (χ1n) is 7.76. The Morgan fingerprint density at radius 1 is 0.913 bits per heavy atom. The van der Waals surface area contributed by atoms with Crippen LogP contribution in [0.1, 0.15) is 6.42 Å². The van der Waals surface area contributed by atoms with Crippen LogP contribution in [-0.2, 0) is 9.84 Å². The summed E-state index contributed by atoms with van der Waals surface area (Å²) >= 11 is 0. The van der Waals surface area contributed by atoms with Gasteiger partial charge in [0.25, 0.3) is 0 Å². The smallest absolute Gasteiger partial charge is 0.179 e. The van der Waals surface area contributed by atoms with Crippen molar-refractivity contribution in [1.29, 1.82) is 0 Å². The molecule has 2 heterocycles. The van der Waals surface area contributed by atoms with Gasteiger partial charge in [-0.25, -0.2) is 13.4 Å². The van der Waals surface area contributed by atoms with Crippen LogP contribution in [0, 0.1) is 0 Å². The second kappa shape index (κ2) is 6.58. The number of aromatic nitrogens is 1. The first-order chi connectivity index (χ1) is 11.1. The predicted molar refractivity (Wildman–Crippen MR) is 92.8 cm³/mol. The molecule has 5 nitrogen and oxygen atoms in total. The standard InChI is InChI=1S/C17H21N3O2S/c1-23(21,22)16-9-5-10-18-17(16)20-12-6-11-19(13-14-20)15-7-3-2-4-8-15/h2-5,7-10H,6,11-14H2,1H3. The molecule has 3 rings (SSSR count). The summed E-state index contributed by atoms with van der Waals surface area (Å²) in [5.74, 6) is 0.574. The molecule has 0 aliphatic carbocycles. The molecule has 0 saturated carbocycles. The molecule has 0 N–H and O–H groups in total. The molecule has 1 aromatic carbocycles. The van der Waals surface area contributed by atoms with Crippen molar-refractivity contribution in [1.82, 2.24) is 4.98 Å². The molecular weight excluding hydrogens is 310 g/mol. The maximum absolute atomic E-state index is 12.0. The van der Waals surface area contributed by atoms with E-state index in [2.05, 4.69) is 26.9 Å². The Labute approximate surface area is 137 Å². The number of pyridine rings is 1. The van der Waals surface area contributed by atoms with E-state index < -0.39 is 9.84 Å². The first-order valence-corrected chi connectivity index (χ1v) is 9.65. The minimum absolute atomic E-state index is 0.313. The summed E-state index contributed by atoms with van der Waals surface area (Å²) in [5.41, 5.74) is 1.21. The summed E-state index contributed by atoms with van der Waals surface area (Å²) < 4.78 is 24.0. The van der Waals surface area contributed by atoms with Gasteiger partial charge in [-0.05, 0) is 30.7 Å². The normalized spacial score (nSPS) is 16.2. The highest BCUT2D eigenvalue weighted by Crippen LogP contribution is 2.24. The fourth-order valence-corrected chi connectivity index (χ4v) is 3.77. The Morgan fingerprint density at radius 2 is 1.61 bits per heavy atom. The van der Waals surface area contributed by atoms with E-state index in [1.807, 2.05) is 18.2 Å². The van der Waals surface area contributed by atoms with Gasteiger partial charge >= 0.3 is 0 Å². The molecule has 0 amide bonds. The Hall–Kier alpha value is -2.08. The molecule has 6 heteroatoms. The van der Waals surface area contributed by atoms with Crippen molar-refractivity contribution in [2.24, 2.45) is 0 Å². The van der Waals surface area contributed by atoms with Crippen LogP contribution in [0.15, 0.2) is 53.6 Å². The third-order valence-corrected chi connectivity index (χ3v) is 5.18. The van der Waals surface area contributed by atoms with Crippen molar-refractivity contribution in [2.45, 2.75) is 11.3 Å². The quantitative estimate of drug-likeness (QED) is 0.863. The van der Waals surface area contributed by atoms with Crippen molar-refractivity contribution in [3.8, 4) is 0 Å². The van der Waals surface area contributed by atoms with E-state index >= 15 is 0 Å². The average Bonchev–Trinajstić information content (AvgIpc) is 2.81. The number of benzene rings is 1. The van der Waals surface area contributed by atoms with Crippen molar-refractivity contribution >= 4 is 21.3 Å². The Kier molecular flexibility index (Phi) is 4.52. The van der Waals surface area contributed by atoms with Gasteiger partial charge in [0.15, 0.2) is 9.84 Å². The van der Waals surface area contributed by atoms with Crippen LogP contribution in [0.5, 0.6) is 0 Å². The molecule has 0 unspecified atom stereocenters. The molecule has 122 valence electrons. The summed E-state index contributed by atoms with van der Waals surface area (Å²) in [6.07, 6.45) is 3.86. The number of nitrogens with zero attached hydrogens (tertiary/aromatic N) is 3. The van der Waals surface area contributed by atoms with Gasteiger partial charge in [0.2, 0.25) is 0 Å². The topological polar surface area (TPSA) is 53.5 Å². The zero-order valence-electron chi connectivity index (χ0n) is 13.2. The van der Waals surface area contributed by atoms with E-state index in [1.54, 1.807) is 18.3 Å². The molecular formula is C17H21N3O2S. The van der Waals surface area contributed by atoms with Crippen LogP contribution in [0.25, 0.3) is 0 Å². The lowest BCUT2D eigenvalue weighted by molar-refractivity contribution is 0.600. The van der Waals surface area contributed by atoms with E-state index in [1.165, 1.54) is 11.9 Å². The lowest BCUT2D eigenvalue weighted by atomic mass is 10.3. The number of sulfone groups is 1. The van der Waals surface area contributed by atoms with Gasteiger partial charge < -0.3 is 9.80 Å². The molecule has 0 atom stereocenters. The van der Waals surface area contributed by atoms with Crippen LogP contribution < -0.4 is 9.80 Å². The summed E-state index contributed by atoms with van der Waals surface area (Å²) in [4.78, 5) is 9.07. The minimum atomic E-state index is -3.28. The molecule has 1 saturated heterocycles. The Balaban J connectivity index is 1.82. The third kappa shape index (κ3) is 3.64. The number of rotatable bonds is 3. The zero-order chi connectivity index (χ0) is 16.3. The summed E-state index contributed by atoms with van der Waals surface area (Å²) in [7, 11) is -3.28. The summed E-state index contributed by atoms with van der Waals surface area (Å²) in [5, 5.41) is 0. The number of anilines is 2. The van der Waals surface area contributed by atoms with E-state index in [0.29, 0.717) is 10.7 Å². The maximum Gasteiger partial charge on any atom is 0.179 e. The van der Waals surface area contributed by atoms with Crippen LogP contribution in [-0.4, -0.2) is 45.8 Å². The van der Waals surface area contributed by atoms with E-state index in [-0.39, 0.29) is 0 Å². The second-order valence-electron chi connectivity index (χ2n) is 5.76. The van der Waals surface area contributed by atoms with Gasteiger partial charge in [0.05, 0.1) is 0 Å². The monoisotopic (exact) mass is 331 g/mol. The number of hydrogen-bond acceptors (Lipinski definition) is 5. The van der Waals surface area contributed by atoms with E-state index in [4.69, 9.17) is 0 Å². The van der Waals surface area contributed by atoms with Gasteiger partial charge in [-0.2, -0.15) is 0 Å². The second-order valence-corrected chi connectivity index (χ2v) is 7.74. The lowest BCUT2D eigenvalue weighted by Gasteiger charge is -2.25. The van der Waals surface area contributed by atoms with Gasteiger partial charge in [-0.15, -0.1) is 0 Å². The molecule has 1 aliphatic heterocycles. The molecule has 1 aliphatic rings. The van der Waals surface area contributed by atoms with E-state index in [9.17, 15) is 8.42 Å². The lowest BCUT2D eigenvalue weighted by Crippen LogP contribution is -2.32. The predicted octanol–water partition coefficient (Wildman–Crippen LogP) is 2.20. The summed E-state index contributed by atoms with van der Waals surface area (Å²) in [6, 6.07) is 13.6. The van der Waals surface area contributed by atoms with Crippen LogP contribution in [0.2, 0.25) is 0 Å². The highest BCUT2D eigenvalue weighted by atomic mass is 32.2. The highest BCUT2D eigenvalue weighted by molar-refractivity contribution is 7.90. The molecule has 0 radical (unpaired) electrons. The fourth-order valence-electron chi connectivity index (χ4n) is 2.94. The molecule has 23 heavy (non-hydrogen) atoms. The average molecular weight is 331 g/mol. The Bertz CT molecular complexity index is 762. The molecule has 2 aromatic rings. The van der Waals surface area contributed by atoms with Crippen LogP contribution in [0.3, 0.4) is 0 Å². The Morgan fingerprint density at radius 3 is 2.35 bits per heavy atom. The third-order valence-electron chi connectivity index (χ3n) is 4.07. The van der Waals surface area contributed by atoms with E-state index in [0.717, 1.165) is 32.6 Å². The van der Waals surface area contributed by atoms with Crippen molar-refractivity contribution in [2.75, 3.05) is 42.2 Å². The number of para-hydroxylation sites is 1. The van der Waals surface area contributed by atoms with Gasteiger partial charge in [0.1, 0.15) is 10.7 Å². The largest absolute Gasteiger partial charge is 0.370 e. The summed E-state index contributed by atoms with van der Waals surface area (Å²) in [6.45, 7) is 3.38. The number of hydrogen-bond donors (Lipinski definition) is 0. The molecule has 1 fully saturated rings. The SMILES string of the molecule is CS(=O)(=O)c1cccnc1N1CCCN(c2ccccc2)CC1. The molecule has 1 aromatic heterocycles. The van der Waals surface area contributed by atoms with Crippen LogP contribution in [0.4, 0.5) is 11.5 Å². The van der Waals surface area contributed by atoms with Gasteiger partial charge in [0, 0.05) is 44.3 Å². The van der Waals surface area contributed by atoms with Crippen LogP contribution >= 0.6 is 0 Å². The zero-order valence-corrected chi connectivity index (χ0v) is 14.0. The highest BCUT2D eigenvalue weighted by Gasteiger charge is 2.22. The fraction of sp³-hybridized carbons (Fsp3) is 0.353.